The lowest BCUT2D eigenvalue weighted by atomic mass is 10.1. The molecule has 0 aromatic carbocycles. The Morgan fingerprint density at radius 2 is 2.05 bits per heavy atom. The van der Waals surface area contributed by atoms with Crippen LogP contribution in [0.1, 0.15) is 46.1 Å². The Morgan fingerprint density at radius 3 is 2.60 bits per heavy atom. The van der Waals surface area contributed by atoms with Gasteiger partial charge in [-0.2, -0.15) is 0 Å². The summed E-state index contributed by atoms with van der Waals surface area (Å²) in [5, 5.41) is 12.4. The quantitative estimate of drug-likeness (QED) is 0.727. The highest BCUT2D eigenvalue weighted by Gasteiger charge is 2.18. The van der Waals surface area contributed by atoms with Crippen LogP contribution in [0.2, 0.25) is 0 Å². The van der Waals surface area contributed by atoms with Gasteiger partial charge < -0.3 is 15.3 Å². The molecule has 0 aliphatic carbocycles. The predicted octanol–water partition coefficient (Wildman–Crippen LogP) is 2.46. The Balaban J connectivity index is 3.06. The molecule has 1 aromatic heterocycles. The summed E-state index contributed by atoms with van der Waals surface area (Å²) in [7, 11) is 0. The van der Waals surface area contributed by atoms with E-state index in [1.54, 1.807) is 6.33 Å². The van der Waals surface area contributed by atoms with Gasteiger partial charge in [-0.15, -0.1) is 0 Å². The van der Waals surface area contributed by atoms with Crippen LogP contribution >= 0.6 is 0 Å². The molecule has 114 valence electrons. The summed E-state index contributed by atoms with van der Waals surface area (Å²) in [6.07, 6.45) is 4.34. The van der Waals surface area contributed by atoms with Crippen LogP contribution in [0.25, 0.3) is 0 Å². The summed E-state index contributed by atoms with van der Waals surface area (Å²) in [6.45, 7) is 10.5. The maximum Gasteiger partial charge on any atom is 0.137 e. The molecule has 0 unspecified atom stereocenters. The van der Waals surface area contributed by atoms with Crippen LogP contribution in [-0.2, 0) is 6.42 Å². The van der Waals surface area contributed by atoms with E-state index in [-0.39, 0.29) is 6.61 Å². The Hall–Kier alpha value is -1.36. The number of aromatic nitrogens is 2. The van der Waals surface area contributed by atoms with Crippen molar-refractivity contribution in [3.63, 3.8) is 0 Å². The summed E-state index contributed by atoms with van der Waals surface area (Å²) in [5.41, 5.74) is 1.16. The molecule has 0 fully saturated rings. The van der Waals surface area contributed by atoms with Gasteiger partial charge >= 0.3 is 0 Å². The maximum atomic E-state index is 9.07. The molecule has 20 heavy (non-hydrogen) atoms. The molecule has 0 atom stereocenters. The molecular weight excluding hydrogens is 252 g/mol. The third kappa shape index (κ3) is 4.34. The molecule has 0 aliphatic heterocycles. The SMILES string of the molecule is CCCNc1ncnc(N(CCCO)C(C)C)c1CC. The van der Waals surface area contributed by atoms with Gasteiger partial charge in [0.15, 0.2) is 0 Å². The molecule has 0 aliphatic rings. The number of rotatable bonds is 9. The lowest BCUT2D eigenvalue weighted by molar-refractivity contribution is 0.288. The smallest absolute Gasteiger partial charge is 0.137 e. The minimum absolute atomic E-state index is 0.205. The van der Waals surface area contributed by atoms with Crippen molar-refractivity contribution in [2.24, 2.45) is 0 Å². The summed E-state index contributed by atoms with van der Waals surface area (Å²) < 4.78 is 0. The molecule has 0 saturated heterocycles. The minimum atomic E-state index is 0.205. The summed E-state index contributed by atoms with van der Waals surface area (Å²) >= 11 is 0. The highest BCUT2D eigenvalue weighted by molar-refractivity contribution is 5.59. The molecule has 1 aromatic rings. The fourth-order valence-electron chi connectivity index (χ4n) is 2.22. The van der Waals surface area contributed by atoms with Crippen LogP contribution in [0.4, 0.5) is 11.6 Å². The van der Waals surface area contributed by atoms with Gasteiger partial charge in [0.2, 0.25) is 0 Å². The van der Waals surface area contributed by atoms with Crippen molar-refractivity contribution in [3.05, 3.63) is 11.9 Å². The first-order chi connectivity index (χ1) is 9.65. The summed E-state index contributed by atoms with van der Waals surface area (Å²) in [4.78, 5) is 11.1. The topological polar surface area (TPSA) is 61.3 Å². The van der Waals surface area contributed by atoms with Crippen molar-refractivity contribution in [2.75, 3.05) is 29.9 Å². The molecule has 5 heteroatoms. The Kier molecular flexibility index (Phi) is 7.30. The molecule has 0 bridgehead atoms. The van der Waals surface area contributed by atoms with Crippen LogP contribution in [0, 0.1) is 0 Å². The normalized spacial score (nSPS) is 10.9. The Labute approximate surface area is 122 Å². The van der Waals surface area contributed by atoms with Crippen LogP contribution in [0.5, 0.6) is 0 Å². The maximum absolute atomic E-state index is 9.07. The zero-order valence-electron chi connectivity index (χ0n) is 13.2. The van der Waals surface area contributed by atoms with Gasteiger partial charge in [0.1, 0.15) is 18.0 Å². The summed E-state index contributed by atoms with van der Waals surface area (Å²) in [5.74, 6) is 1.93. The monoisotopic (exact) mass is 280 g/mol. The number of nitrogens with one attached hydrogen (secondary N) is 1. The third-order valence-corrected chi connectivity index (χ3v) is 3.27. The van der Waals surface area contributed by atoms with E-state index in [1.807, 2.05) is 0 Å². The van der Waals surface area contributed by atoms with E-state index < -0.39 is 0 Å². The van der Waals surface area contributed by atoms with Gasteiger partial charge in [0.05, 0.1) is 0 Å². The lowest BCUT2D eigenvalue weighted by Crippen LogP contribution is -2.34. The van der Waals surface area contributed by atoms with E-state index in [4.69, 9.17) is 5.11 Å². The number of hydrogen-bond donors (Lipinski definition) is 2. The van der Waals surface area contributed by atoms with Crippen molar-refractivity contribution < 1.29 is 5.11 Å². The van der Waals surface area contributed by atoms with Crippen LogP contribution in [0.3, 0.4) is 0 Å². The molecule has 0 radical (unpaired) electrons. The molecule has 0 spiro atoms. The van der Waals surface area contributed by atoms with Crippen molar-refractivity contribution >= 4 is 11.6 Å². The standard InChI is InChI=1S/C15H28N4O/c1-5-8-16-14-13(6-2)15(18-11-17-14)19(12(3)4)9-7-10-20/h11-12,20H,5-10H2,1-4H3,(H,16,17,18). The van der Waals surface area contributed by atoms with Crippen LogP contribution in [0.15, 0.2) is 6.33 Å². The third-order valence-electron chi connectivity index (χ3n) is 3.27. The Bertz CT molecular complexity index is 395. The zero-order chi connectivity index (χ0) is 15.0. The second kappa shape index (κ2) is 8.74. The largest absolute Gasteiger partial charge is 0.396 e. The highest BCUT2D eigenvalue weighted by atomic mass is 16.3. The first-order valence-corrected chi connectivity index (χ1v) is 7.60. The van der Waals surface area contributed by atoms with Gasteiger partial charge in [0, 0.05) is 31.3 Å². The number of anilines is 2. The van der Waals surface area contributed by atoms with Crippen molar-refractivity contribution in [3.8, 4) is 0 Å². The lowest BCUT2D eigenvalue weighted by Gasteiger charge is -2.30. The van der Waals surface area contributed by atoms with Gasteiger partial charge in [-0.3, -0.25) is 0 Å². The van der Waals surface area contributed by atoms with E-state index in [1.165, 1.54) is 0 Å². The van der Waals surface area contributed by atoms with E-state index in [2.05, 4.69) is 47.9 Å². The zero-order valence-corrected chi connectivity index (χ0v) is 13.2. The average Bonchev–Trinajstić information content (AvgIpc) is 2.45. The van der Waals surface area contributed by atoms with E-state index >= 15 is 0 Å². The predicted molar refractivity (Wildman–Crippen MR) is 84.4 cm³/mol. The molecule has 2 N–H and O–H groups in total. The Morgan fingerprint density at radius 1 is 1.30 bits per heavy atom. The van der Waals surface area contributed by atoms with Gasteiger partial charge in [-0.05, 0) is 33.1 Å². The van der Waals surface area contributed by atoms with Gasteiger partial charge in [-0.1, -0.05) is 13.8 Å². The molecule has 0 amide bonds. The minimum Gasteiger partial charge on any atom is -0.396 e. The molecule has 5 nitrogen and oxygen atoms in total. The summed E-state index contributed by atoms with van der Waals surface area (Å²) in [6, 6.07) is 0.348. The van der Waals surface area contributed by atoms with Crippen LogP contribution < -0.4 is 10.2 Å². The average molecular weight is 280 g/mol. The van der Waals surface area contributed by atoms with E-state index in [0.717, 1.165) is 49.6 Å². The number of aliphatic hydroxyl groups excluding tert-OH is 1. The molecule has 0 saturated carbocycles. The molecule has 1 rings (SSSR count). The first kappa shape index (κ1) is 16.7. The van der Waals surface area contributed by atoms with Crippen LogP contribution in [-0.4, -0.2) is 40.8 Å². The number of aliphatic hydroxyl groups is 1. The molecule has 1 heterocycles. The van der Waals surface area contributed by atoms with E-state index in [0.29, 0.717) is 6.04 Å². The number of hydrogen-bond acceptors (Lipinski definition) is 5. The van der Waals surface area contributed by atoms with Crippen molar-refractivity contribution in [1.29, 1.82) is 0 Å². The second-order valence-electron chi connectivity index (χ2n) is 5.17. The molecular formula is C15H28N4O. The fourth-order valence-corrected chi connectivity index (χ4v) is 2.22. The van der Waals surface area contributed by atoms with E-state index in [9.17, 15) is 0 Å². The van der Waals surface area contributed by atoms with Crippen molar-refractivity contribution in [1.82, 2.24) is 9.97 Å². The van der Waals surface area contributed by atoms with Gasteiger partial charge in [0.25, 0.3) is 0 Å². The number of nitrogens with zero attached hydrogens (tertiary/aromatic N) is 3. The van der Waals surface area contributed by atoms with Crippen molar-refractivity contribution in [2.45, 2.75) is 53.0 Å². The second-order valence-corrected chi connectivity index (χ2v) is 5.17. The first-order valence-electron chi connectivity index (χ1n) is 7.60. The highest BCUT2D eigenvalue weighted by Crippen LogP contribution is 2.25. The van der Waals surface area contributed by atoms with Gasteiger partial charge in [-0.25, -0.2) is 9.97 Å². The fraction of sp³-hybridized carbons (Fsp3) is 0.733.